The first-order chi connectivity index (χ1) is 12.3. The third-order valence-corrected chi connectivity index (χ3v) is 3.77. The van der Waals surface area contributed by atoms with E-state index in [9.17, 15) is 4.79 Å². The van der Waals surface area contributed by atoms with E-state index in [0.717, 1.165) is 11.4 Å². The molecule has 1 aliphatic heterocycles. The lowest BCUT2D eigenvalue weighted by Gasteiger charge is -2.26. The van der Waals surface area contributed by atoms with E-state index in [0.29, 0.717) is 18.9 Å². The number of fused-ring (bicyclic) bond motifs is 1. The summed E-state index contributed by atoms with van der Waals surface area (Å²) >= 11 is 0. The molecule has 1 N–H and O–H groups in total. The molecule has 25 heavy (non-hydrogen) atoms. The molecule has 0 unspecified atom stereocenters. The van der Waals surface area contributed by atoms with Crippen molar-refractivity contribution < 1.29 is 14.3 Å². The highest BCUT2D eigenvalue weighted by Gasteiger charge is 2.22. The predicted octanol–water partition coefficient (Wildman–Crippen LogP) is 1.84. The minimum Gasteiger partial charge on any atom is -0.486 e. The number of nitrogens with zero attached hydrogens (tertiary/aromatic N) is 3. The lowest BCUT2D eigenvalue weighted by molar-refractivity contribution is 0.0786. The van der Waals surface area contributed by atoms with Crippen LogP contribution in [0.2, 0.25) is 0 Å². The number of rotatable bonds is 4. The molecule has 1 amide bonds. The highest BCUT2D eigenvalue weighted by molar-refractivity contribution is 5.91. The maximum Gasteiger partial charge on any atom is 0.273 e. The fraction of sp³-hybridized carbons (Fsp3) is 0.167. The SMILES string of the molecule is O=C(NC[C@H]1COc2ccccc2O1)c1cnn(-c2ccccc2)n1. The van der Waals surface area contributed by atoms with Crippen LogP contribution in [0.1, 0.15) is 10.5 Å². The van der Waals surface area contributed by atoms with Crippen molar-refractivity contribution in [2.75, 3.05) is 13.2 Å². The van der Waals surface area contributed by atoms with Crippen molar-refractivity contribution in [3.63, 3.8) is 0 Å². The van der Waals surface area contributed by atoms with Gasteiger partial charge in [-0.3, -0.25) is 4.79 Å². The number of hydrogen-bond donors (Lipinski definition) is 1. The maximum atomic E-state index is 12.3. The van der Waals surface area contributed by atoms with E-state index in [4.69, 9.17) is 9.47 Å². The van der Waals surface area contributed by atoms with Crippen LogP contribution in [0.15, 0.2) is 60.8 Å². The number of carbonyl (C=O) groups is 1. The molecule has 1 aromatic heterocycles. The van der Waals surface area contributed by atoms with E-state index in [-0.39, 0.29) is 17.7 Å². The van der Waals surface area contributed by atoms with Gasteiger partial charge in [-0.15, -0.1) is 5.10 Å². The number of carbonyl (C=O) groups excluding carboxylic acids is 1. The molecular formula is C18H16N4O3. The van der Waals surface area contributed by atoms with Crippen LogP contribution in [0.5, 0.6) is 11.5 Å². The van der Waals surface area contributed by atoms with E-state index in [1.807, 2.05) is 54.6 Å². The molecule has 2 aromatic carbocycles. The Balaban J connectivity index is 1.36. The van der Waals surface area contributed by atoms with Crippen molar-refractivity contribution in [3.8, 4) is 17.2 Å². The van der Waals surface area contributed by atoms with E-state index >= 15 is 0 Å². The van der Waals surface area contributed by atoms with E-state index in [1.165, 1.54) is 11.0 Å². The van der Waals surface area contributed by atoms with E-state index < -0.39 is 0 Å². The molecule has 3 aromatic rings. The highest BCUT2D eigenvalue weighted by Crippen LogP contribution is 2.30. The lowest BCUT2D eigenvalue weighted by atomic mass is 10.2. The van der Waals surface area contributed by atoms with Crippen LogP contribution in [-0.2, 0) is 0 Å². The second-order valence-corrected chi connectivity index (χ2v) is 5.56. The van der Waals surface area contributed by atoms with Crippen LogP contribution < -0.4 is 14.8 Å². The molecule has 0 fully saturated rings. The summed E-state index contributed by atoms with van der Waals surface area (Å²) < 4.78 is 11.4. The number of benzene rings is 2. The number of ether oxygens (including phenoxy) is 2. The van der Waals surface area contributed by atoms with Crippen molar-refractivity contribution in [2.45, 2.75) is 6.10 Å². The van der Waals surface area contributed by atoms with Gasteiger partial charge in [0.15, 0.2) is 17.2 Å². The smallest absolute Gasteiger partial charge is 0.273 e. The quantitative estimate of drug-likeness (QED) is 0.786. The fourth-order valence-electron chi connectivity index (χ4n) is 2.51. The average Bonchev–Trinajstić information content (AvgIpc) is 3.17. The van der Waals surface area contributed by atoms with E-state index in [2.05, 4.69) is 15.5 Å². The standard InChI is InChI=1S/C18H16N4O3/c23-18(15-11-20-22(21-15)13-6-2-1-3-7-13)19-10-14-12-24-16-8-4-5-9-17(16)25-14/h1-9,11,14H,10,12H2,(H,19,23)/t14-/m0/s1. The van der Waals surface area contributed by atoms with Crippen molar-refractivity contribution in [1.29, 1.82) is 0 Å². The van der Waals surface area contributed by atoms with Crippen LogP contribution in [0, 0.1) is 0 Å². The Morgan fingerprint density at radius 3 is 2.72 bits per heavy atom. The lowest BCUT2D eigenvalue weighted by Crippen LogP contribution is -2.40. The number of hydrogen-bond acceptors (Lipinski definition) is 5. The molecule has 0 spiro atoms. The van der Waals surface area contributed by atoms with Gasteiger partial charge in [0.05, 0.1) is 18.4 Å². The Hall–Kier alpha value is -3.35. The normalized spacial score (nSPS) is 15.6. The summed E-state index contributed by atoms with van der Waals surface area (Å²) in [7, 11) is 0. The zero-order valence-corrected chi connectivity index (χ0v) is 13.3. The Bertz CT molecular complexity index is 879. The molecule has 0 aliphatic carbocycles. The molecule has 126 valence electrons. The Kier molecular flexibility index (Phi) is 4.04. The summed E-state index contributed by atoms with van der Waals surface area (Å²) in [6.45, 7) is 0.708. The first-order valence-electron chi connectivity index (χ1n) is 7.94. The van der Waals surface area contributed by atoms with Gasteiger partial charge in [-0.25, -0.2) is 0 Å². The molecular weight excluding hydrogens is 320 g/mol. The van der Waals surface area contributed by atoms with Crippen molar-refractivity contribution in [1.82, 2.24) is 20.3 Å². The van der Waals surface area contributed by atoms with Gasteiger partial charge in [-0.05, 0) is 24.3 Å². The van der Waals surface area contributed by atoms with E-state index in [1.54, 1.807) is 0 Å². The topological polar surface area (TPSA) is 78.3 Å². The number of aromatic nitrogens is 3. The number of nitrogens with one attached hydrogen (secondary N) is 1. The summed E-state index contributed by atoms with van der Waals surface area (Å²) in [5.74, 6) is 1.10. The van der Waals surface area contributed by atoms with Gasteiger partial charge in [0.1, 0.15) is 12.7 Å². The molecule has 7 heteroatoms. The molecule has 1 aliphatic rings. The molecule has 0 saturated heterocycles. The summed E-state index contributed by atoms with van der Waals surface area (Å²) in [6.07, 6.45) is 1.19. The average molecular weight is 336 g/mol. The van der Waals surface area contributed by atoms with Gasteiger partial charge in [0.2, 0.25) is 0 Å². The van der Waals surface area contributed by atoms with Crippen LogP contribution >= 0.6 is 0 Å². The molecule has 0 saturated carbocycles. The van der Waals surface area contributed by atoms with Crippen LogP contribution in [0.4, 0.5) is 0 Å². The van der Waals surface area contributed by atoms with Crippen LogP contribution in [-0.4, -0.2) is 40.2 Å². The van der Waals surface area contributed by atoms with Gasteiger partial charge in [-0.2, -0.15) is 9.90 Å². The largest absolute Gasteiger partial charge is 0.486 e. The Morgan fingerprint density at radius 1 is 1.12 bits per heavy atom. The minimum atomic E-state index is -0.301. The van der Waals surface area contributed by atoms with Gasteiger partial charge in [0.25, 0.3) is 5.91 Å². The summed E-state index contributed by atoms with van der Waals surface area (Å²) in [4.78, 5) is 13.7. The monoisotopic (exact) mass is 336 g/mol. The minimum absolute atomic E-state index is 0.247. The molecule has 7 nitrogen and oxygen atoms in total. The molecule has 2 heterocycles. The molecule has 0 radical (unpaired) electrons. The van der Waals surface area contributed by atoms with Gasteiger partial charge >= 0.3 is 0 Å². The van der Waals surface area contributed by atoms with Crippen LogP contribution in [0.3, 0.4) is 0 Å². The van der Waals surface area contributed by atoms with Crippen molar-refractivity contribution in [3.05, 3.63) is 66.5 Å². The molecule has 1 atom stereocenters. The molecule has 4 rings (SSSR count). The third kappa shape index (κ3) is 3.30. The number of amides is 1. The zero-order chi connectivity index (χ0) is 17.1. The summed E-state index contributed by atoms with van der Waals surface area (Å²) in [6, 6.07) is 16.9. The summed E-state index contributed by atoms with van der Waals surface area (Å²) in [5.41, 5.74) is 1.04. The maximum absolute atomic E-state index is 12.3. The number of para-hydroxylation sites is 3. The second-order valence-electron chi connectivity index (χ2n) is 5.56. The van der Waals surface area contributed by atoms with Crippen LogP contribution in [0.25, 0.3) is 5.69 Å². The van der Waals surface area contributed by atoms with Gasteiger partial charge in [-0.1, -0.05) is 30.3 Å². The van der Waals surface area contributed by atoms with Crippen molar-refractivity contribution >= 4 is 5.91 Å². The predicted molar refractivity (Wildman–Crippen MR) is 90.0 cm³/mol. The zero-order valence-electron chi connectivity index (χ0n) is 13.3. The first kappa shape index (κ1) is 15.2. The van der Waals surface area contributed by atoms with Gasteiger partial charge < -0.3 is 14.8 Å². The molecule has 0 bridgehead atoms. The Labute approximate surface area is 144 Å². The van der Waals surface area contributed by atoms with Crippen molar-refractivity contribution in [2.24, 2.45) is 0 Å². The summed E-state index contributed by atoms with van der Waals surface area (Å²) in [5, 5.41) is 11.1. The fourth-order valence-corrected chi connectivity index (χ4v) is 2.51. The second kappa shape index (κ2) is 6.64. The van der Waals surface area contributed by atoms with Gasteiger partial charge in [0, 0.05) is 0 Å². The first-order valence-corrected chi connectivity index (χ1v) is 7.94. The highest BCUT2D eigenvalue weighted by atomic mass is 16.6. The Morgan fingerprint density at radius 2 is 1.88 bits per heavy atom. The third-order valence-electron chi connectivity index (χ3n) is 3.77.